The van der Waals surface area contributed by atoms with E-state index in [0.717, 1.165) is 12.8 Å². The first kappa shape index (κ1) is 14.5. The van der Waals surface area contributed by atoms with Gasteiger partial charge in [0.25, 0.3) is 0 Å². The summed E-state index contributed by atoms with van der Waals surface area (Å²) >= 11 is 0. The van der Waals surface area contributed by atoms with Crippen molar-refractivity contribution in [2.75, 3.05) is 12.8 Å². The average molecular weight is 287 g/mol. The number of nitrogens with one attached hydrogen (secondary N) is 1. The van der Waals surface area contributed by atoms with Crippen molar-refractivity contribution in [1.82, 2.24) is 15.5 Å². The van der Waals surface area contributed by atoms with Crippen LogP contribution in [0.25, 0.3) is 0 Å². The molecule has 1 saturated heterocycles. The first-order chi connectivity index (χ1) is 9.01. The van der Waals surface area contributed by atoms with Crippen LogP contribution in [-0.2, 0) is 22.7 Å². The fourth-order valence-electron chi connectivity index (χ4n) is 2.28. The summed E-state index contributed by atoms with van der Waals surface area (Å²) in [5.41, 5.74) is 0. The van der Waals surface area contributed by atoms with Crippen molar-refractivity contribution < 1.29 is 12.9 Å². The molecular formula is C12H21N3O3S. The van der Waals surface area contributed by atoms with Crippen LogP contribution in [0.15, 0.2) is 4.52 Å². The lowest BCUT2D eigenvalue weighted by molar-refractivity contribution is 0.365. The molecule has 1 aromatic rings. The average Bonchev–Trinajstić information content (AvgIpc) is 2.79. The summed E-state index contributed by atoms with van der Waals surface area (Å²) in [5.74, 6) is 1.36. The maximum absolute atomic E-state index is 11.9. The Morgan fingerprint density at radius 3 is 2.95 bits per heavy atom. The molecule has 0 radical (unpaired) electrons. The van der Waals surface area contributed by atoms with Gasteiger partial charge in [-0.15, -0.1) is 0 Å². The van der Waals surface area contributed by atoms with Crippen molar-refractivity contribution in [2.24, 2.45) is 0 Å². The Labute approximate surface area is 113 Å². The summed E-state index contributed by atoms with van der Waals surface area (Å²) in [6, 6.07) is 0.267. The van der Waals surface area contributed by atoms with Crippen molar-refractivity contribution in [2.45, 2.75) is 50.3 Å². The van der Waals surface area contributed by atoms with Crippen LogP contribution in [-0.4, -0.2) is 42.7 Å². The van der Waals surface area contributed by atoms with E-state index in [-0.39, 0.29) is 17.0 Å². The minimum absolute atomic E-state index is 0.267. The number of sulfone groups is 1. The largest absolute Gasteiger partial charge is 0.339 e. The summed E-state index contributed by atoms with van der Waals surface area (Å²) < 4.78 is 29.0. The zero-order valence-electron chi connectivity index (χ0n) is 11.4. The first-order valence-corrected chi connectivity index (χ1v) is 8.43. The number of hydrogen-bond acceptors (Lipinski definition) is 6. The normalized spacial score (nSPS) is 24.2. The van der Waals surface area contributed by atoms with Crippen LogP contribution in [0.2, 0.25) is 0 Å². The lowest BCUT2D eigenvalue weighted by atomic mass is 10.1. The van der Waals surface area contributed by atoms with Gasteiger partial charge in [0.2, 0.25) is 5.89 Å². The fourth-order valence-corrected chi connectivity index (χ4v) is 4.14. The minimum atomic E-state index is -2.98. The molecule has 2 heterocycles. The molecule has 0 aliphatic carbocycles. The van der Waals surface area contributed by atoms with E-state index < -0.39 is 9.84 Å². The van der Waals surface area contributed by atoms with Crippen LogP contribution in [0.4, 0.5) is 0 Å². The maximum Gasteiger partial charge on any atom is 0.227 e. The first-order valence-electron chi connectivity index (χ1n) is 6.71. The van der Waals surface area contributed by atoms with Crippen molar-refractivity contribution >= 4 is 9.84 Å². The summed E-state index contributed by atoms with van der Waals surface area (Å²) in [6.45, 7) is 2.03. The quantitative estimate of drug-likeness (QED) is 0.859. The highest BCUT2D eigenvalue weighted by Gasteiger charge is 2.30. The third-order valence-electron chi connectivity index (χ3n) is 3.61. The van der Waals surface area contributed by atoms with Gasteiger partial charge in [-0.1, -0.05) is 11.6 Å². The molecule has 1 aliphatic rings. The van der Waals surface area contributed by atoms with E-state index in [2.05, 4.69) is 15.5 Å². The molecule has 108 valence electrons. The SMILES string of the molecule is CNC(C)Cc1noc(CC2CCCCS2(=O)=O)n1. The van der Waals surface area contributed by atoms with Gasteiger partial charge in [-0.3, -0.25) is 0 Å². The monoisotopic (exact) mass is 287 g/mol. The molecule has 2 unspecified atom stereocenters. The summed E-state index contributed by atoms with van der Waals surface area (Å²) in [6.07, 6.45) is 3.46. The van der Waals surface area contributed by atoms with E-state index in [1.807, 2.05) is 14.0 Å². The Balaban J connectivity index is 1.99. The zero-order valence-corrected chi connectivity index (χ0v) is 12.2. The number of nitrogens with zero attached hydrogens (tertiary/aromatic N) is 2. The van der Waals surface area contributed by atoms with E-state index in [9.17, 15) is 8.42 Å². The molecule has 0 bridgehead atoms. The molecule has 0 aromatic carbocycles. The molecule has 1 fully saturated rings. The second kappa shape index (κ2) is 6.00. The van der Waals surface area contributed by atoms with Crippen molar-refractivity contribution in [3.05, 3.63) is 11.7 Å². The van der Waals surface area contributed by atoms with Gasteiger partial charge in [0.1, 0.15) is 0 Å². The van der Waals surface area contributed by atoms with E-state index in [4.69, 9.17) is 4.52 Å². The number of hydrogen-bond donors (Lipinski definition) is 1. The van der Waals surface area contributed by atoms with Gasteiger partial charge in [-0.05, 0) is 26.8 Å². The molecule has 0 spiro atoms. The topological polar surface area (TPSA) is 85.1 Å². The van der Waals surface area contributed by atoms with Crippen molar-refractivity contribution in [3.8, 4) is 0 Å². The van der Waals surface area contributed by atoms with Crippen LogP contribution in [0.1, 0.15) is 37.9 Å². The van der Waals surface area contributed by atoms with E-state index in [0.29, 0.717) is 31.0 Å². The van der Waals surface area contributed by atoms with E-state index >= 15 is 0 Å². The lowest BCUT2D eigenvalue weighted by Gasteiger charge is -2.20. The standard InChI is InChI=1S/C12H21N3O3S/c1-9(13-2)7-11-14-12(18-15-11)8-10-5-3-4-6-19(10,16)17/h9-10,13H,3-8H2,1-2H3. The molecule has 7 heteroatoms. The van der Waals surface area contributed by atoms with Crippen LogP contribution >= 0.6 is 0 Å². The van der Waals surface area contributed by atoms with E-state index in [1.54, 1.807) is 0 Å². The van der Waals surface area contributed by atoms with Crippen LogP contribution in [0, 0.1) is 0 Å². The van der Waals surface area contributed by atoms with Gasteiger partial charge in [-0.25, -0.2) is 8.42 Å². The van der Waals surface area contributed by atoms with Gasteiger partial charge in [0.15, 0.2) is 15.7 Å². The molecule has 2 rings (SSSR count). The van der Waals surface area contributed by atoms with Gasteiger partial charge in [-0.2, -0.15) is 4.98 Å². The predicted octanol–water partition coefficient (Wildman–Crippen LogP) is 0.730. The van der Waals surface area contributed by atoms with Gasteiger partial charge >= 0.3 is 0 Å². The molecule has 19 heavy (non-hydrogen) atoms. The Morgan fingerprint density at radius 1 is 1.47 bits per heavy atom. The van der Waals surface area contributed by atoms with Gasteiger partial charge < -0.3 is 9.84 Å². The van der Waals surface area contributed by atoms with Crippen LogP contribution in [0.3, 0.4) is 0 Å². The molecule has 0 amide bonds. The lowest BCUT2D eigenvalue weighted by Crippen LogP contribution is -2.30. The summed E-state index contributed by atoms with van der Waals surface area (Å²) in [4.78, 5) is 4.28. The van der Waals surface area contributed by atoms with Crippen LogP contribution in [0.5, 0.6) is 0 Å². The Morgan fingerprint density at radius 2 is 2.26 bits per heavy atom. The van der Waals surface area contributed by atoms with Gasteiger partial charge in [0, 0.05) is 18.9 Å². The molecule has 2 atom stereocenters. The highest BCUT2D eigenvalue weighted by molar-refractivity contribution is 7.92. The third-order valence-corrected chi connectivity index (χ3v) is 5.88. The molecule has 1 aromatic heterocycles. The third kappa shape index (κ3) is 3.76. The molecule has 1 N–H and O–H groups in total. The fraction of sp³-hybridized carbons (Fsp3) is 0.833. The predicted molar refractivity (Wildman–Crippen MR) is 71.7 cm³/mol. The van der Waals surface area contributed by atoms with Crippen molar-refractivity contribution in [1.29, 1.82) is 0 Å². The number of likely N-dealkylation sites (N-methyl/N-ethyl adjacent to an activating group) is 1. The van der Waals surface area contributed by atoms with Gasteiger partial charge in [0.05, 0.1) is 11.0 Å². The molecule has 1 aliphatic heterocycles. The molecule has 0 saturated carbocycles. The molecule has 6 nitrogen and oxygen atoms in total. The van der Waals surface area contributed by atoms with Crippen molar-refractivity contribution in [3.63, 3.8) is 0 Å². The smallest absolute Gasteiger partial charge is 0.227 e. The van der Waals surface area contributed by atoms with E-state index in [1.165, 1.54) is 0 Å². The zero-order chi connectivity index (χ0) is 13.9. The highest BCUT2D eigenvalue weighted by atomic mass is 32.2. The summed E-state index contributed by atoms with van der Waals surface area (Å²) in [5, 5.41) is 6.65. The Bertz CT molecular complexity index is 512. The van der Waals surface area contributed by atoms with Crippen LogP contribution < -0.4 is 5.32 Å². The minimum Gasteiger partial charge on any atom is -0.339 e. The second-order valence-corrected chi connectivity index (χ2v) is 7.59. The number of rotatable bonds is 5. The Kier molecular flexibility index (Phi) is 4.57. The summed E-state index contributed by atoms with van der Waals surface area (Å²) in [7, 11) is -1.11. The molecular weight excluding hydrogens is 266 g/mol. The second-order valence-electron chi connectivity index (χ2n) is 5.19. The maximum atomic E-state index is 11.9. The number of aromatic nitrogens is 2. The highest BCUT2D eigenvalue weighted by Crippen LogP contribution is 2.22. The Hall–Kier alpha value is -0.950.